The first-order valence-electron chi connectivity index (χ1n) is 10.4. The van der Waals surface area contributed by atoms with E-state index in [1.807, 2.05) is 0 Å². The molecule has 0 saturated carbocycles. The molecule has 0 atom stereocenters. The zero-order valence-electron chi connectivity index (χ0n) is 18.7. The summed E-state index contributed by atoms with van der Waals surface area (Å²) in [6.07, 6.45) is -0.282. The maximum Gasteiger partial charge on any atom is 0.264 e. The predicted octanol–water partition coefficient (Wildman–Crippen LogP) is 5.00. The smallest absolute Gasteiger partial charge is 0.264 e. The second-order valence-electron chi connectivity index (χ2n) is 7.76. The third kappa shape index (κ3) is 5.05. The Balaban J connectivity index is 1.74. The van der Waals surface area contributed by atoms with Gasteiger partial charge in [0.15, 0.2) is 0 Å². The van der Waals surface area contributed by atoms with E-state index < -0.39 is 15.9 Å². The van der Waals surface area contributed by atoms with E-state index in [4.69, 9.17) is 27.9 Å². The van der Waals surface area contributed by atoms with E-state index in [1.54, 1.807) is 49.4 Å². The molecule has 0 aliphatic heterocycles. The van der Waals surface area contributed by atoms with Crippen LogP contribution in [0, 0.1) is 6.92 Å². The van der Waals surface area contributed by atoms with Gasteiger partial charge in [0, 0.05) is 26.7 Å². The van der Waals surface area contributed by atoms with Crippen LogP contribution in [0.2, 0.25) is 10.0 Å². The lowest BCUT2D eigenvalue weighted by atomic mass is 10.1. The van der Waals surface area contributed by atoms with Crippen molar-refractivity contribution in [2.45, 2.75) is 18.2 Å². The van der Waals surface area contributed by atoms with Crippen molar-refractivity contribution in [3.05, 3.63) is 93.6 Å². The Morgan fingerprint density at radius 1 is 0.971 bits per heavy atom. The summed E-state index contributed by atoms with van der Waals surface area (Å²) in [5, 5.41) is 1.32. The number of carbonyl (C=O) groups excluding carboxylic acids is 2. The van der Waals surface area contributed by atoms with Crippen LogP contribution >= 0.6 is 23.2 Å². The number of halogens is 2. The Hall–Kier alpha value is -3.33. The van der Waals surface area contributed by atoms with Gasteiger partial charge in [-0.25, -0.2) is 13.1 Å². The number of fused-ring (bicyclic) bond motifs is 1. The Bertz CT molecular complexity index is 1560. The second-order valence-corrected chi connectivity index (χ2v) is 10.3. The largest absolute Gasteiger partial charge is 0.497 e. The monoisotopic (exact) mass is 530 g/mol. The molecule has 10 heteroatoms. The molecule has 1 aromatic heterocycles. The molecule has 0 aliphatic rings. The van der Waals surface area contributed by atoms with Gasteiger partial charge in [0.05, 0.1) is 23.9 Å². The third-order valence-corrected chi connectivity index (χ3v) is 7.39. The van der Waals surface area contributed by atoms with Crippen molar-refractivity contribution in [1.29, 1.82) is 0 Å². The fourth-order valence-corrected chi connectivity index (χ4v) is 5.25. The van der Waals surface area contributed by atoms with Crippen LogP contribution in [-0.2, 0) is 21.2 Å². The molecule has 0 fully saturated rings. The van der Waals surface area contributed by atoms with Gasteiger partial charge in [-0.3, -0.25) is 14.2 Å². The highest BCUT2D eigenvalue weighted by Gasteiger charge is 2.24. The van der Waals surface area contributed by atoms with Crippen molar-refractivity contribution < 1.29 is 22.7 Å². The summed E-state index contributed by atoms with van der Waals surface area (Å²) in [5.41, 5.74) is 1.97. The van der Waals surface area contributed by atoms with Gasteiger partial charge in [-0.2, -0.15) is 0 Å². The normalized spacial score (nSPS) is 11.4. The van der Waals surface area contributed by atoms with Crippen molar-refractivity contribution in [3.8, 4) is 5.75 Å². The number of nitrogens with zero attached hydrogens (tertiary/aromatic N) is 1. The number of hydrogen-bond acceptors (Lipinski definition) is 5. The van der Waals surface area contributed by atoms with Crippen molar-refractivity contribution in [3.63, 3.8) is 0 Å². The maximum atomic E-state index is 13.4. The number of nitrogens with one attached hydrogen (secondary N) is 1. The zero-order valence-corrected chi connectivity index (χ0v) is 21.0. The first kappa shape index (κ1) is 24.8. The molecule has 3 aromatic carbocycles. The summed E-state index contributed by atoms with van der Waals surface area (Å²) >= 11 is 11.8. The first-order valence-corrected chi connectivity index (χ1v) is 12.6. The zero-order chi connectivity index (χ0) is 25.3. The van der Waals surface area contributed by atoms with Crippen LogP contribution in [0.25, 0.3) is 10.9 Å². The molecular weight excluding hydrogens is 511 g/mol. The van der Waals surface area contributed by atoms with E-state index in [-0.39, 0.29) is 22.2 Å². The molecular formula is C25H20Cl2N2O5S. The maximum absolute atomic E-state index is 13.4. The van der Waals surface area contributed by atoms with Crippen molar-refractivity contribution in [2.75, 3.05) is 7.11 Å². The number of methoxy groups -OCH3 is 1. The lowest BCUT2D eigenvalue weighted by Gasteiger charge is -2.09. The van der Waals surface area contributed by atoms with Crippen LogP contribution < -0.4 is 9.46 Å². The quantitative estimate of drug-likeness (QED) is 0.378. The molecule has 4 rings (SSSR count). The molecule has 0 aliphatic carbocycles. The van der Waals surface area contributed by atoms with E-state index >= 15 is 0 Å². The molecule has 1 N–H and O–H groups in total. The number of hydrogen-bond donors (Lipinski definition) is 1. The predicted molar refractivity (Wildman–Crippen MR) is 135 cm³/mol. The average Bonchev–Trinajstić information content (AvgIpc) is 3.09. The Morgan fingerprint density at radius 3 is 2.34 bits per heavy atom. The number of amides is 1. The molecule has 0 spiro atoms. The van der Waals surface area contributed by atoms with Gasteiger partial charge in [0.2, 0.25) is 5.91 Å². The van der Waals surface area contributed by atoms with Crippen LogP contribution in [-0.4, -0.2) is 31.9 Å². The average molecular weight is 531 g/mol. The summed E-state index contributed by atoms with van der Waals surface area (Å²) in [4.78, 5) is 26.1. The molecule has 0 unspecified atom stereocenters. The van der Waals surface area contributed by atoms with E-state index in [2.05, 4.69) is 4.72 Å². The van der Waals surface area contributed by atoms with Gasteiger partial charge in [-0.15, -0.1) is 0 Å². The Labute approximate surface area is 212 Å². The highest BCUT2D eigenvalue weighted by Crippen LogP contribution is 2.31. The van der Waals surface area contributed by atoms with Gasteiger partial charge < -0.3 is 4.74 Å². The fourth-order valence-electron chi connectivity index (χ4n) is 3.84. The standard InChI is InChI=1S/C25H20Cl2N2O5S/c1-15-21(14-24(30)28-35(32,33)20-5-3-4-18(27)12-20)22-13-19(34-2)10-11-23(22)29(15)25(31)16-6-8-17(26)9-7-16/h3-13H,14H2,1-2H3,(H,28,30). The second kappa shape index (κ2) is 9.73. The lowest BCUT2D eigenvalue weighted by molar-refractivity contribution is -0.118. The number of aromatic nitrogens is 1. The van der Waals surface area contributed by atoms with Gasteiger partial charge in [-0.1, -0.05) is 29.3 Å². The Morgan fingerprint density at radius 2 is 1.69 bits per heavy atom. The summed E-state index contributed by atoms with van der Waals surface area (Å²) in [6, 6.07) is 17.2. The molecule has 180 valence electrons. The van der Waals surface area contributed by atoms with Gasteiger partial charge >= 0.3 is 0 Å². The topological polar surface area (TPSA) is 94.5 Å². The number of ether oxygens (including phenoxy) is 1. The van der Waals surface area contributed by atoms with Gasteiger partial charge in [0.1, 0.15) is 5.75 Å². The van der Waals surface area contributed by atoms with E-state index in [1.165, 1.54) is 35.9 Å². The molecule has 7 nitrogen and oxygen atoms in total. The molecule has 0 bridgehead atoms. The van der Waals surface area contributed by atoms with Gasteiger partial charge in [0.25, 0.3) is 15.9 Å². The third-order valence-electron chi connectivity index (χ3n) is 5.53. The highest BCUT2D eigenvalue weighted by atomic mass is 35.5. The van der Waals surface area contributed by atoms with Crippen LogP contribution in [0.5, 0.6) is 5.75 Å². The number of rotatable bonds is 6. The minimum absolute atomic E-state index is 0.128. The SMILES string of the molecule is COc1ccc2c(c1)c(CC(=O)NS(=O)(=O)c1cccc(Cl)c1)c(C)n2C(=O)c1ccc(Cl)cc1. The van der Waals surface area contributed by atoms with Crippen LogP contribution in [0.15, 0.2) is 71.6 Å². The number of benzene rings is 3. The summed E-state index contributed by atoms with van der Waals surface area (Å²) < 4.78 is 34.3. The van der Waals surface area contributed by atoms with Crippen LogP contribution in [0.1, 0.15) is 21.6 Å². The highest BCUT2D eigenvalue weighted by molar-refractivity contribution is 7.90. The van der Waals surface area contributed by atoms with Crippen molar-refractivity contribution in [1.82, 2.24) is 9.29 Å². The Kier molecular flexibility index (Phi) is 6.89. The van der Waals surface area contributed by atoms with Crippen LogP contribution in [0.4, 0.5) is 0 Å². The molecule has 1 heterocycles. The van der Waals surface area contributed by atoms with Crippen molar-refractivity contribution >= 4 is 55.9 Å². The van der Waals surface area contributed by atoms with Crippen LogP contribution in [0.3, 0.4) is 0 Å². The van der Waals surface area contributed by atoms with Gasteiger partial charge in [-0.05, 0) is 73.2 Å². The van der Waals surface area contributed by atoms with E-state index in [9.17, 15) is 18.0 Å². The minimum atomic E-state index is -4.13. The first-order chi connectivity index (χ1) is 16.6. The van der Waals surface area contributed by atoms with E-state index in [0.29, 0.717) is 38.5 Å². The van der Waals surface area contributed by atoms with E-state index in [0.717, 1.165) is 0 Å². The fraction of sp³-hybridized carbons (Fsp3) is 0.120. The lowest BCUT2D eigenvalue weighted by Crippen LogP contribution is -2.32. The molecule has 35 heavy (non-hydrogen) atoms. The van der Waals surface area contributed by atoms with Crippen molar-refractivity contribution in [2.24, 2.45) is 0 Å². The number of sulfonamides is 1. The molecule has 4 aromatic rings. The minimum Gasteiger partial charge on any atom is -0.497 e. The molecule has 1 amide bonds. The molecule has 0 saturated heterocycles. The summed E-state index contributed by atoms with van der Waals surface area (Å²) in [6.45, 7) is 1.70. The summed E-state index contributed by atoms with van der Waals surface area (Å²) in [5.74, 6) is -0.539. The molecule has 0 radical (unpaired) electrons. The summed E-state index contributed by atoms with van der Waals surface area (Å²) in [7, 11) is -2.62. The number of carbonyl (C=O) groups is 2.